The van der Waals surface area contributed by atoms with Gasteiger partial charge in [-0.25, -0.2) is 4.79 Å². The molecule has 0 saturated carbocycles. The minimum Gasteiger partial charge on any atom is -0.451 e. The van der Waals surface area contributed by atoms with Gasteiger partial charge < -0.3 is 9.72 Å². The first-order valence-electron chi connectivity index (χ1n) is 7.49. The number of esters is 1. The lowest BCUT2D eigenvalue weighted by Gasteiger charge is -2.28. The number of para-hydroxylation sites is 1. The number of hydrogen-bond acceptors (Lipinski definition) is 2. The standard InChI is InChI=1S/C19H19NO2/c1-3-19(2,22-18(21)14-9-5-4-6-10-14)16-13-20-17-12-8-7-11-15(16)17/h4-13,20H,3H2,1-2H3. The Hall–Kier alpha value is -2.55. The number of carbonyl (C=O) groups excluding carboxylic acids is 1. The zero-order chi connectivity index (χ0) is 15.6. The van der Waals surface area contributed by atoms with E-state index in [4.69, 9.17) is 4.74 Å². The van der Waals surface area contributed by atoms with Gasteiger partial charge >= 0.3 is 5.97 Å². The second kappa shape index (κ2) is 5.68. The Morgan fingerprint density at radius 3 is 2.50 bits per heavy atom. The predicted molar refractivity (Wildman–Crippen MR) is 87.8 cm³/mol. The number of nitrogens with one attached hydrogen (secondary N) is 1. The number of hydrogen-bond donors (Lipinski definition) is 1. The lowest BCUT2D eigenvalue weighted by Crippen LogP contribution is -2.28. The molecule has 0 aliphatic rings. The molecule has 0 amide bonds. The maximum atomic E-state index is 12.4. The molecule has 3 aromatic rings. The minimum absolute atomic E-state index is 0.296. The highest BCUT2D eigenvalue weighted by Gasteiger charge is 2.32. The third-order valence-electron chi connectivity index (χ3n) is 4.16. The first kappa shape index (κ1) is 14.4. The summed E-state index contributed by atoms with van der Waals surface area (Å²) in [7, 11) is 0. The first-order valence-corrected chi connectivity index (χ1v) is 7.49. The van der Waals surface area contributed by atoms with Gasteiger partial charge in [0.1, 0.15) is 5.60 Å². The van der Waals surface area contributed by atoms with Gasteiger partial charge in [-0.3, -0.25) is 0 Å². The van der Waals surface area contributed by atoms with E-state index in [9.17, 15) is 4.79 Å². The maximum Gasteiger partial charge on any atom is 0.339 e. The quantitative estimate of drug-likeness (QED) is 0.711. The SMILES string of the molecule is CCC(C)(OC(=O)c1ccccc1)c1c[nH]c2ccccc12. The highest BCUT2D eigenvalue weighted by Crippen LogP contribution is 2.35. The molecule has 3 rings (SSSR count). The molecule has 1 unspecified atom stereocenters. The second-order valence-corrected chi connectivity index (χ2v) is 5.59. The number of aromatic nitrogens is 1. The van der Waals surface area contributed by atoms with E-state index in [0.29, 0.717) is 12.0 Å². The summed E-state index contributed by atoms with van der Waals surface area (Å²) in [4.78, 5) is 15.7. The van der Waals surface area contributed by atoms with Crippen LogP contribution >= 0.6 is 0 Å². The number of rotatable bonds is 4. The monoisotopic (exact) mass is 293 g/mol. The van der Waals surface area contributed by atoms with Gasteiger partial charge in [0.05, 0.1) is 5.56 Å². The van der Waals surface area contributed by atoms with Crippen molar-refractivity contribution < 1.29 is 9.53 Å². The van der Waals surface area contributed by atoms with Crippen molar-refractivity contribution in [2.24, 2.45) is 0 Å². The summed E-state index contributed by atoms with van der Waals surface area (Å²) in [5.41, 5.74) is 1.97. The van der Waals surface area contributed by atoms with E-state index in [2.05, 4.69) is 4.98 Å². The van der Waals surface area contributed by atoms with Crippen LogP contribution in [0.15, 0.2) is 60.8 Å². The molecule has 3 heteroatoms. The molecule has 1 aromatic heterocycles. The fourth-order valence-corrected chi connectivity index (χ4v) is 2.66. The Bertz CT molecular complexity index is 791. The van der Waals surface area contributed by atoms with E-state index in [0.717, 1.165) is 16.5 Å². The maximum absolute atomic E-state index is 12.4. The summed E-state index contributed by atoms with van der Waals surface area (Å²) < 4.78 is 5.87. The number of ether oxygens (including phenoxy) is 1. The minimum atomic E-state index is -0.660. The van der Waals surface area contributed by atoms with Gasteiger partial charge in [-0.05, 0) is 31.5 Å². The van der Waals surface area contributed by atoms with Gasteiger partial charge in [-0.2, -0.15) is 0 Å². The molecule has 0 radical (unpaired) electrons. The van der Waals surface area contributed by atoms with Gasteiger partial charge in [-0.15, -0.1) is 0 Å². The van der Waals surface area contributed by atoms with Gasteiger partial charge in [0.2, 0.25) is 0 Å². The van der Waals surface area contributed by atoms with Gasteiger partial charge in [0.15, 0.2) is 0 Å². The van der Waals surface area contributed by atoms with Crippen LogP contribution in [-0.4, -0.2) is 11.0 Å². The summed E-state index contributed by atoms with van der Waals surface area (Å²) >= 11 is 0. The zero-order valence-corrected chi connectivity index (χ0v) is 12.8. The van der Waals surface area contributed by atoms with Crippen LogP contribution in [0.5, 0.6) is 0 Å². The summed E-state index contributed by atoms with van der Waals surface area (Å²) in [5.74, 6) is -0.296. The average molecular weight is 293 g/mol. The number of fused-ring (bicyclic) bond motifs is 1. The molecular formula is C19H19NO2. The van der Waals surface area contributed by atoms with Gasteiger partial charge in [0, 0.05) is 22.7 Å². The summed E-state index contributed by atoms with van der Waals surface area (Å²) in [6.45, 7) is 3.99. The molecule has 0 bridgehead atoms. The summed E-state index contributed by atoms with van der Waals surface area (Å²) in [6.07, 6.45) is 2.64. The van der Waals surface area contributed by atoms with E-state index in [1.807, 2.05) is 62.5 Å². The van der Waals surface area contributed by atoms with Crippen molar-refractivity contribution in [1.82, 2.24) is 4.98 Å². The molecule has 0 spiro atoms. The lowest BCUT2D eigenvalue weighted by molar-refractivity contribution is -0.0133. The number of H-pyrrole nitrogens is 1. The first-order chi connectivity index (χ1) is 10.6. The molecule has 112 valence electrons. The molecule has 0 saturated heterocycles. The second-order valence-electron chi connectivity index (χ2n) is 5.59. The molecular weight excluding hydrogens is 274 g/mol. The predicted octanol–water partition coefficient (Wildman–Crippen LogP) is 4.65. The van der Waals surface area contributed by atoms with Crippen LogP contribution in [0.1, 0.15) is 36.2 Å². The van der Waals surface area contributed by atoms with Crippen molar-refractivity contribution >= 4 is 16.9 Å². The van der Waals surface area contributed by atoms with E-state index in [1.165, 1.54) is 0 Å². The Labute approximate surface area is 129 Å². The van der Waals surface area contributed by atoms with Gasteiger partial charge in [-0.1, -0.05) is 43.3 Å². The fourth-order valence-electron chi connectivity index (χ4n) is 2.66. The van der Waals surface area contributed by atoms with Crippen LogP contribution in [0, 0.1) is 0 Å². The van der Waals surface area contributed by atoms with Gasteiger partial charge in [0.25, 0.3) is 0 Å². The van der Waals surface area contributed by atoms with Crippen LogP contribution in [0.25, 0.3) is 10.9 Å². The Morgan fingerprint density at radius 1 is 1.09 bits per heavy atom. The largest absolute Gasteiger partial charge is 0.451 e. The third kappa shape index (κ3) is 2.50. The van der Waals surface area contributed by atoms with Crippen LogP contribution in [0.2, 0.25) is 0 Å². The molecule has 1 atom stereocenters. The van der Waals surface area contributed by atoms with Crippen LogP contribution < -0.4 is 0 Å². The van der Waals surface area contributed by atoms with Crippen molar-refractivity contribution in [3.8, 4) is 0 Å². The third-order valence-corrected chi connectivity index (χ3v) is 4.16. The lowest BCUT2D eigenvalue weighted by atomic mass is 9.92. The zero-order valence-electron chi connectivity index (χ0n) is 12.8. The van der Waals surface area contributed by atoms with Crippen molar-refractivity contribution in [3.63, 3.8) is 0 Å². The fraction of sp³-hybridized carbons (Fsp3) is 0.211. The molecule has 22 heavy (non-hydrogen) atoms. The summed E-state index contributed by atoms with van der Waals surface area (Å²) in [5, 5.41) is 1.09. The van der Waals surface area contributed by atoms with Crippen molar-refractivity contribution in [2.75, 3.05) is 0 Å². The number of benzene rings is 2. The molecule has 3 nitrogen and oxygen atoms in total. The van der Waals surface area contributed by atoms with Crippen LogP contribution in [-0.2, 0) is 10.3 Å². The van der Waals surface area contributed by atoms with Crippen LogP contribution in [0.4, 0.5) is 0 Å². The molecule has 1 heterocycles. The van der Waals surface area contributed by atoms with E-state index in [1.54, 1.807) is 12.1 Å². The molecule has 0 aliphatic heterocycles. The highest BCUT2D eigenvalue weighted by atomic mass is 16.6. The van der Waals surface area contributed by atoms with E-state index < -0.39 is 5.60 Å². The average Bonchev–Trinajstić information content (AvgIpc) is 3.00. The Morgan fingerprint density at radius 2 is 1.77 bits per heavy atom. The van der Waals surface area contributed by atoms with Crippen molar-refractivity contribution in [2.45, 2.75) is 25.9 Å². The highest BCUT2D eigenvalue weighted by molar-refractivity contribution is 5.90. The Balaban J connectivity index is 1.96. The topological polar surface area (TPSA) is 42.1 Å². The van der Waals surface area contributed by atoms with Crippen molar-refractivity contribution in [1.29, 1.82) is 0 Å². The molecule has 2 aromatic carbocycles. The summed E-state index contributed by atoms with van der Waals surface area (Å²) in [6, 6.07) is 17.2. The number of carbonyl (C=O) groups is 1. The smallest absolute Gasteiger partial charge is 0.339 e. The van der Waals surface area contributed by atoms with Crippen molar-refractivity contribution in [3.05, 3.63) is 71.9 Å². The molecule has 0 aliphatic carbocycles. The molecule has 0 fully saturated rings. The van der Waals surface area contributed by atoms with E-state index >= 15 is 0 Å². The van der Waals surface area contributed by atoms with Crippen LogP contribution in [0.3, 0.4) is 0 Å². The normalized spacial score (nSPS) is 13.7. The molecule has 1 N–H and O–H groups in total. The number of aromatic amines is 1. The van der Waals surface area contributed by atoms with E-state index in [-0.39, 0.29) is 5.97 Å². The Kier molecular flexibility index (Phi) is 3.72.